The minimum Gasteiger partial charge on any atom is -0.316 e. The minimum absolute atomic E-state index is 0.00936. The van der Waals surface area contributed by atoms with Crippen molar-refractivity contribution in [2.45, 2.75) is 20.8 Å². The summed E-state index contributed by atoms with van der Waals surface area (Å²) in [7, 11) is 0. The normalized spacial score (nSPS) is 10.2. The highest BCUT2D eigenvalue weighted by Gasteiger charge is 2.10. The summed E-state index contributed by atoms with van der Waals surface area (Å²) in [5.41, 5.74) is 2.39. The van der Waals surface area contributed by atoms with Crippen molar-refractivity contribution in [1.29, 1.82) is 0 Å². The number of anilines is 1. The van der Waals surface area contributed by atoms with Gasteiger partial charge in [0.05, 0.1) is 5.00 Å². The maximum Gasteiger partial charge on any atom is 0.239 e. The molecule has 13 heavy (non-hydrogen) atoms. The maximum absolute atomic E-state index is 11.0. The topological polar surface area (TPSA) is 29.1 Å². The second-order valence-electron chi connectivity index (χ2n) is 2.92. The number of halogens is 1. The van der Waals surface area contributed by atoms with Gasteiger partial charge in [0, 0.05) is 4.88 Å². The van der Waals surface area contributed by atoms with Crippen LogP contribution in [0.5, 0.6) is 0 Å². The van der Waals surface area contributed by atoms with Crippen LogP contribution in [0.1, 0.15) is 16.0 Å². The van der Waals surface area contributed by atoms with E-state index < -0.39 is 0 Å². The predicted octanol–water partition coefficient (Wildman–Crippen LogP) is 2.85. The molecule has 0 aromatic carbocycles. The summed E-state index contributed by atoms with van der Waals surface area (Å²) in [5, 5.41) is 3.69. The Morgan fingerprint density at radius 3 is 2.38 bits per heavy atom. The molecule has 1 aromatic heterocycles. The number of rotatable bonds is 2. The molecule has 0 aliphatic carbocycles. The van der Waals surface area contributed by atoms with E-state index in [-0.39, 0.29) is 11.8 Å². The SMILES string of the molecule is Cc1sc(NC(=O)CCl)c(C)c1C. The third kappa shape index (κ3) is 2.23. The Morgan fingerprint density at radius 1 is 1.38 bits per heavy atom. The highest BCUT2D eigenvalue weighted by Crippen LogP contribution is 2.31. The summed E-state index contributed by atoms with van der Waals surface area (Å²) < 4.78 is 0. The lowest BCUT2D eigenvalue weighted by atomic mass is 10.2. The fraction of sp³-hybridized carbons (Fsp3) is 0.444. The van der Waals surface area contributed by atoms with Crippen LogP contribution in [-0.2, 0) is 4.79 Å². The van der Waals surface area contributed by atoms with Crippen LogP contribution in [0.15, 0.2) is 0 Å². The molecular weight excluding hydrogens is 206 g/mol. The lowest BCUT2D eigenvalue weighted by molar-refractivity contribution is -0.113. The standard InChI is InChI=1S/C9H12ClNOS/c1-5-6(2)9(13-7(5)3)11-8(12)4-10/h4H2,1-3H3,(H,11,12). The average molecular weight is 218 g/mol. The summed E-state index contributed by atoms with van der Waals surface area (Å²) in [6.45, 7) is 6.10. The van der Waals surface area contributed by atoms with Gasteiger partial charge in [-0.3, -0.25) is 4.79 Å². The molecule has 0 radical (unpaired) electrons. The van der Waals surface area contributed by atoms with Gasteiger partial charge in [0.25, 0.3) is 0 Å². The molecule has 2 nitrogen and oxygen atoms in total. The summed E-state index contributed by atoms with van der Waals surface area (Å²) in [6.07, 6.45) is 0. The van der Waals surface area contributed by atoms with E-state index in [0.29, 0.717) is 0 Å². The fourth-order valence-electron chi connectivity index (χ4n) is 1.02. The van der Waals surface area contributed by atoms with Crippen LogP contribution in [0.4, 0.5) is 5.00 Å². The number of hydrogen-bond acceptors (Lipinski definition) is 2. The molecule has 0 atom stereocenters. The van der Waals surface area contributed by atoms with Crippen molar-refractivity contribution >= 4 is 33.8 Å². The summed E-state index contributed by atoms with van der Waals surface area (Å²) in [6, 6.07) is 0. The van der Waals surface area contributed by atoms with Crippen LogP contribution in [0, 0.1) is 20.8 Å². The monoisotopic (exact) mass is 217 g/mol. The number of carbonyl (C=O) groups is 1. The molecule has 1 N–H and O–H groups in total. The van der Waals surface area contributed by atoms with Crippen molar-refractivity contribution in [3.05, 3.63) is 16.0 Å². The van der Waals surface area contributed by atoms with Crippen LogP contribution in [0.25, 0.3) is 0 Å². The second kappa shape index (κ2) is 4.11. The van der Waals surface area contributed by atoms with E-state index in [4.69, 9.17) is 11.6 Å². The Labute approximate surface area is 86.9 Å². The zero-order chi connectivity index (χ0) is 10.0. The Balaban J connectivity index is 2.90. The molecule has 72 valence electrons. The predicted molar refractivity (Wildman–Crippen MR) is 57.9 cm³/mol. The molecule has 0 saturated heterocycles. The quantitative estimate of drug-likeness (QED) is 0.759. The summed E-state index contributed by atoms with van der Waals surface area (Å²) in [5.74, 6) is -0.138. The molecule has 1 heterocycles. The van der Waals surface area contributed by atoms with Gasteiger partial charge in [0.2, 0.25) is 5.91 Å². The van der Waals surface area contributed by atoms with Gasteiger partial charge < -0.3 is 5.32 Å². The van der Waals surface area contributed by atoms with Gasteiger partial charge in [0.15, 0.2) is 0 Å². The van der Waals surface area contributed by atoms with Gasteiger partial charge in [-0.25, -0.2) is 0 Å². The Hall–Kier alpha value is -0.540. The zero-order valence-electron chi connectivity index (χ0n) is 7.90. The zero-order valence-corrected chi connectivity index (χ0v) is 9.47. The van der Waals surface area contributed by atoms with Crippen molar-refractivity contribution in [3.8, 4) is 0 Å². The fourth-order valence-corrected chi connectivity index (χ4v) is 2.17. The van der Waals surface area contributed by atoms with Crippen LogP contribution in [0.2, 0.25) is 0 Å². The molecule has 0 unspecified atom stereocenters. The third-order valence-corrected chi connectivity index (χ3v) is 3.53. The average Bonchev–Trinajstić information content (AvgIpc) is 2.34. The van der Waals surface area contributed by atoms with E-state index in [1.165, 1.54) is 10.4 Å². The van der Waals surface area contributed by atoms with E-state index in [2.05, 4.69) is 12.2 Å². The van der Waals surface area contributed by atoms with E-state index in [1.807, 2.05) is 13.8 Å². The van der Waals surface area contributed by atoms with Crippen molar-refractivity contribution < 1.29 is 4.79 Å². The Bertz CT molecular complexity index is 333. The minimum atomic E-state index is -0.147. The highest BCUT2D eigenvalue weighted by atomic mass is 35.5. The number of nitrogens with one attached hydrogen (secondary N) is 1. The second-order valence-corrected chi connectivity index (χ2v) is 4.41. The van der Waals surface area contributed by atoms with Gasteiger partial charge in [-0.15, -0.1) is 22.9 Å². The van der Waals surface area contributed by atoms with E-state index >= 15 is 0 Å². The van der Waals surface area contributed by atoms with Crippen LogP contribution < -0.4 is 5.32 Å². The molecule has 0 spiro atoms. The summed E-state index contributed by atoms with van der Waals surface area (Å²) >= 11 is 6.99. The van der Waals surface area contributed by atoms with Crippen molar-refractivity contribution in [2.75, 3.05) is 11.2 Å². The number of alkyl halides is 1. The largest absolute Gasteiger partial charge is 0.316 e. The first-order valence-electron chi connectivity index (χ1n) is 3.98. The Morgan fingerprint density at radius 2 is 2.00 bits per heavy atom. The van der Waals surface area contributed by atoms with Gasteiger partial charge in [-0.05, 0) is 31.9 Å². The molecule has 0 fully saturated rings. The van der Waals surface area contributed by atoms with Crippen molar-refractivity contribution in [3.63, 3.8) is 0 Å². The first-order valence-corrected chi connectivity index (χ1v) is 5.33. The molecule has 1 aromatic rings. The molecule has 1 amide bonds. The molecule has 4 heteroatoms. The number of carbonyl (C=O) groups excluding carboxylic acids is 1. The third-order valence-electron chi connectivity index (χ3n) is 2.06. The highest BCUT2D eigenvalue weighted by molar-refractivity contribution is 7.16. The van der Waals surface area contributed by atoms with Crippen molar-refractivity contribution in [2.24, 2.45) is 0 Å². The molecule has 0 aliphatic heterocycles. The van der Waals surface area contributed by atoms with Crippen LogP contribution >= 0.6 is 22.9 Å². The number of amides is 1. The first-order chi connectivity index (χ1) is 6.06. The van der Waals surface area contributed by atoms with Gasteiger partial charge in [-0.2, -0.15) is 0 Å². The molecule has 0 bridgehead atoms. The smallest absolute Gasteiger partial charge is 0.239 e. The molecule has 1 rings (SSSR count). The van der Waals surface area contributed by atoms with Crippen LogP contribution in [0.3, 0.4) is 0 Å². The molecule has 0 aliphatic rings. The number of thiophene rings is 1. The summed E-state index contributed by atoms with van der Waals surface area (Å²) in [4.78, 5) is 12.3. The Kier molecular flexibility index (Phi) is 3.33. The lowest BCUT2D eigenvalue weighted by Gasteiger charge is -2.00. The van der Waals surface area contributed by atoms with E-state index in [1.54, 1.807) is 11.3 Å². The number of aryl methyl sites for hydroxylation is 1. The van der Waals surface area contributed by atoms with Gasteiger partial charge in [0.1, 0.15) is 5.88 Å². The molecular formula is C9H12ClNOS. The lowest BCUT2D eigenvalue weighted by Crippen LogP contribution is -2.12. The number of hydrogen-bond donors (Lipinski definition) is 1. The van der Waals surface area contributed by atoms with E-state index in [0.717, 1.165) is 10.6 Å². The molecule has 0 saturated carbocycles. The van der Waals surface area contributed by atoms with Gasteiger partial charge in [-0.1, -0.05) is 0 Å². The van der Waals surface area contributed by atoms with Crippen molar-refractivity contribution in [1.82, 2.24) is 0 Å². The van der Waals surface area contributed by atoms with Crippen LogP contribution in [-0.4, -0.2) is 11.8 Å². The maximum atomic E-state index is 11.0. The van der Waals surface area contributed by atoms with Gasteiger partial charge >= 0.3 is 0 Å². The van der Waals surface area contributed by atoms with E-state index in [9.17, 15) is 4.79 Å². The first kappa shape index (κ1) is 10.5.